The van der Waals surface area contributed by atoms with Crippen LogP contribution in [0.1, 0.15) is 12.0 Å². The summed E-state index contributed by atoms with van der Waals surface area (Å²) in [6.07, 6.45) is -0.203. The van der Waals surface area contributed by atoms with Gasteiger partial charge in [-0.05, 0) is 24.1 Å². The van der Waals surface area contributed by atoms with Crippen molar-refractivity contribution in [1.82, 2.24) is 0 Å². The molecule has 1 rings (SSSR count). The van der Waals surface area contributed by atoms with Crippen LogP contribution in [0.25, 0.3) is 0 Å². The third-order valence-electron chi connectivity index (χ3n) is 2.39. The van der Waals surface area contributed by atoms with E-state index in [0.717, 1.165) is 5.56 Å². The fraction of sp³-hybridized carbons (Fsp3) is 0.333. The van der Waals surface area contributed by atoms with Crippen LogP contribution in [0.4, 0.5) is 0 Å². The average molecular weight is 238 g/mol. The number of benzene rings is 1. The lowest BCUT2D eigenvalue weighted by atomic mass is 9.96. The summed E-state index contributed by atoms with van der Waals surface area (Å²) >= 11 is 0. The van der Waals surface area contributed by atoms with Gasteiger partial charge >= 0.3 is 11.9 Å². The molecule has 0 aliphatic carbocycles. The molecule has 0 unspecified atom stereocenters. The molecule has 1 aromatic carbocycles. The highest BCUT2D eigenvalue weighted by Crippen LogP contribution is 2.18. The molecule has 0 bridgehead atoms. The third-order valence-corrected chi connectivity index (χ3v) is 2.39. The van der Waals surface area contributed by atoms with Gasteiger partial charge in [-0.25, -0.2) is 0 Å². The van der Waals surface area contributed by atoms with Gasteiger partial charge in [-0.3, -0.25) is 9.59 Å². The molecule has 0 aliphatic heterocycles. The van der Waals surface area contributed by atoms with Gasteiger partial charge in [0.15, 0.2) is 0 Å². The summed E-state index contributed by atoms with van der Waals surface area (Å²) in [5.41, 5.74) is 0.748. The number of carboxylic acid groups (broad SMARTS) is 2. The van der Waals surface area contributed by atoms with E-state index in [4.69, 9.17) is 14.9 Å². The van der Waals surface area contributed by atoms with Crippen molar-refractivity contribution in [2.45, 2.75) is 12.8 Å². The minimum atomic E-state index is -1.11. The maximum absolute atomic E-state index is 10.9. The summed E-state index contributed by atoms with van der Waals surface area (Å²) in [4.78, 5) is 21.4. The topological polar surface area (TPSA) is 83.8 Å². The van der Waals surface area contributed by atoms with Crippen molar-refractivity contribution in [3.05, 3.63) is 29.8 Å². The number of ether oxygens (including phenoxy) is 1. The van der Waals surface area contributed by atoms with Crippen molar-refractivity contribution in [1.29, 1.82) is 0 Å². The first-order chi connectivity index (χ1) is 8.02. The molecule has 0 amide bonds. The summed E-state index contributed by atoms with van der Waals surface area (Å²) in [5, 5.41) is 17.5. The van der Waals surface area contributed by atoms with E-state index in [1.54, 1.807) is 24.3 Å². The van der Waals surface area contributed by atoms with E-state index in [0.29, 0.717) is 5.75 Å². The first-order valence-corrected chi connectivity index (χ1v) is 5.10. The molecule has 1 atom stereocenters. The lowest BCUT2D eigenvalue weighted by molar-refractivity contribution is -0.148. The quantitative estimate of drug-likeness (QED) is 0.782. The molecule has 17 heavy (non-hydrogen) atoms. The van der Waals surface area contributed by atoms with Crippen molar-refractivity contribution in [2.24, 2.45) is 5.92 Å². The van der Waals surface area contributed by atoms with Gasteiger partial charge in [-0.15, -0.1) is 0 Å². The van der Waals surface area contributed by atoms with Gasteiger partial charge in [-0.2, -0.15) is 0 Å². The van der Waals surface area contributed by atoms with Crippen LogP contribution in [0.5, 0.6) is 5.75 Å². The summed E-state index contributed by atoms with van der Waals surface area (Å²) in [7, 11) is 1.52. The van der Waals surface area contributed by atoms with E-state index in [1.807, 2.05) is 0 Å². The van der Waals surface area contributed by atoms with Gasteiger partial charge in [-0.1, -0.05) is 12.1 Å². The summed E-state index contributed by atoms with van der Waals surface area (Å²) in [5.74, 6) is -2.50. The van der Waals surface area contributed by atoms with Crippen molar-refractivity contribution in [2.75, 3.05) is 7.11 Å². The molecule has 0 saturated heterocycles. The smallest absolute Gasteiger partial charge is 0.307 e. The number of hydrogen-bond donors (Lipinski definition) is 2. The Morgan fingerprint density at radius 3 is 2.59 bits per heavy atom. The normalized spacial score (nSPS) is 11.8. The van der Waals surface area contributed by atoms with E-state index >= 15 is 0 Å². The Morgan fingerprint density at radius 2 is 2.06 bits per heavy atom. The van der Waals surface area contributed by atoms with Crippen molar-refractivity contribution in [3.63, 3.8) is 0 Å². The largest absolute Gasteiger partial charge is 0.497 e. The average Bonchev–Trinajstić information content (AvgIpc) is 2.27. The predicted molar refractivity (Wildman–Crippen MR) is 60.1 cm³/mol. The number of aliphatic carboxylic acids is 2. The van der Waals surface area contributed by atoms with E-state index in [-0.39, 0.29) is 12.8 Å². The monoisotopic (exact) mass is 238 g/mol. The lowest BCUT2D eigenvalue weighted by Crippen LogP contribution is -2.20. The molecule has 92 valence electrons. The van der Waals surface area contributed by atoms with E-state index in [1.165, 1.54) is 7.11 Å². The van der Waals surface area contributed by atoms with E-state index in [2.05, 4.69) is 0 Å². The molecule has 1 aromatic rings. The Morgan fingerprint density at radius 1 is 1.35 bits per heavy atom. The van der Waals surface area contributed by atoms with Crippen LogP contribution in [0, 0.1) is 5.92 Å². The molecule has 5 nitrogen and oxygen atoms in total. The lowest BCUT2D eigenvalue weighted by Gasteiger charge is -2.10. The number of methoxy groups -OCH3 is 1. The Labute approximate surface area is 98.6 Å². The molecular formula is C12H14O5. The second-order valence-corrected chi connectivity index (χ2v) is 3.69. The van der Waals surface area contributed by atoms with Crippen molar-refractivity contribution < 1.29 is 24.5 Å². The zero-order valence-corrected chi connectivity index (χ0v) is 9.42. The van der Waals surface area contributed by atoms with Gasteiger partial charge in [0.05, 0.1) is 19.4 Å². The van der Waals surface area contributed by atoms with Crippen LogP contribution < -0.4 is 4.74 Å². The highest BCUT2D eigenvalue weighted by Gasteiger charge is 2.21. The number of carboxylic acids is 2. The summed E-state index contributed by atoms with van der Waals surface area (Å²) < 4.78 is 5.01. The first-order valence-electron chi connectivity index (χ1n) is 5.10. The van der Waals surface area contributed by atoms with Gasteiger partial charge in [0.1, 0.15) is 5.75 Å². The van der Waals surface area contributed by atoms with Gasteiger partial charge in [0, 0.05) is 0 Å². The van der Waals surface area contributed by atoms with Crippen LogP contribution in [0.2, 0.25) is 0 Å². The fourth-order valence-electron chi connectivity index (χ4n) is 1.54. The zero-order valence-electron chi connectivity index (χ0n) is 9.42. The van der Waals surface area contributed by atoms with Crippen LogP contribution in [-0.2, 0) is 16.0 Å². The highest BCUT2D eigenvalue weighted by atomic mass is 16.5. The Kier molecular flexibility index (Phi) is 4.51. The maximum Gasteiger partial charge on any atom is 0.307 e. The molecule has 2 N–H and O–H groups in total. The predicted octanol–water partition coefficient (Wildman–Crippen LogP) is 1.41. The van der Waals surface area contributed by atoms with Gasteiger partial charge < -0.3 is 14.9 Å². The Bertz CT molecular complexity index is 413. The molecule has 0 aliphatic rings. The molecule has 0 fully saturated rings. The molecular weight excluding hydrogens is 224 g/mol. The van der Waals surface area contributed by atoms with Crippen molar-refractivity contribution in [3.8, 4) is 5.75 Å². The molecule has 0 radical (unpaired) electrons. The Hall–Kier alpha value is -2.04. The second-order valence-electron chi connectivity index (χ2n) is 3.69. The SMILES string of the molecule is COc1cccc(C[C@H](CC(=O)O)C(=O)O)c1. The van der Waals surface area contributed by atoms with Gasteiger partial charge in [0.25, 0.3) is 0 Å². The fourth-order valence-corrected chi connectivity index (χ4v) is 1.54. The molecule has 5 heteroatoms. The molecule has 0 spiro atoms. The number of hydrogen-bond acceptors (Lipinski definition) is 3. The van der Waals surface area contributed by atoms with E-state index < -0.39 is 17.9 Å². The van der Waals surface area contributed by atoms with Crippen LogP contribution in [-0.4, -0.2) is 29.3 Å². The zero-order chi connectivity index (χ0) is 12.8. The summed E-state index contributed by atoms with van der Waals surface area (Å²) in [6, 6.07) is 6.95. The van der Waals surface area contributed by atoms with Crippen LogP contribution in [0.15, 0.2) is 24.3 Å². The van der Waals surface area contributed by atoms with Gasteiger partial charge in [0.2, 0.25) is 0 Å². The number of carbonyl (C=O) groups is 2. The van der Waals surface area contributed by atoms with Crippen molar-refractivity contribution >= 4 is 11.9 Å². The summed E-state index contributed by atoms with van der Waals surface area (Å²) in [6.45, 7) is 0. The minimum absolute atomic E-state index is 0.179. The molecule has 0 heterocycles. The third kappa shape index (κ3) is 4.14. The second kappa shape index (κ2) is 5.89. The molecule has 0 saturated carbocycles. The molecule has 0 aromatic heterocycles. The standard InChI is InChI=1S/C12H14O5/c1-17-10-4-2-3-8(6-10)5-9(12(15)16)7-11(13)14/h2-4,6,9H,5,7H2,1H3,(H,13,14)(H,15,16)/t9-/m1/s1. The number of rotatable bonds is 6. The van der Waals surface area contributed by atoms with E-state index in [9.17, 15) is 9.59 Å². The highest BCUT2D eigenvalue weighted by molar-refractivity contribution is 5.78. The van der Waals surface area contributed by atoms with Crippen LogP contribution in [0.3, 0.4) is 0 Å². The Balaban J connectivity index is 2.78. The maximum atomic E-state index is 10.9. The van der Waals surface area contributed by atoms with Crippen LogP contribution >= 0.6 is 0 Å². The first kappa shape index (κ1) is 13.0. The minimum Gasteiger partial charge on any atom is -0.497 e.